The molecule has 0 aliphatic rings. The lowest BCUT2D eigenvalue weighted by Gasteiger charge is -2.19. The second kappa shape index (κ2) is 8.03. The van der Waals surface area contributed by atoms with Gasteiger partial charge in [-0.25, -0.2) is 9.78 Å². The number of ether oxygens (including phenoxy) is 1. The van der Waals surface area contributed by atoms with Gasteiger partial charge < -0.3 is 4.74 Å². The molecule has 0 saturated heterocycles. The maximum absolute atomic E-state index is 12.5. The topological polar surface area (TPSA) is 69.0 Å². The summed E-state index contributed by atoms with van der Waals surface area (Å²) in [4.78, 5) is 16.2. The van der Waals surface area contributed by atoms with Crippen molar-refractivity contribution in [2.45, 2.75) is 18.8 Å². The van der Waals surface area contributed by atoms with Gasteiger partial charge in [-0.2, -0.15) is 18.3 Å². The van der Waals surface area contributed by atoms with Crippen LogP contribution in [0.4, 0.5) is 13.2 Å². The normalized spacial score (nSPS) is 12.9. The molecule has 0 aliphatic carbocycles. The molecule has 1 atom stereocenters. The van der Waals surface area contributed by atoms with E-state index >= 15 is 0 Å². The Morgan fingerprint density at radius 3 is 2.48 bits per heavy atom. The van der Waals surface area contributed by atoms with Gasteiger partial charge in [0.25, 0.3) is 0 Å². The summed E-state index contributed by atoms with van der Waals surface area (Å²) >= 11 is 11.7. The van der Waals surface area contributed by atoms with Crippen molar-refractivity contribution in [1.29, 1.82) is 0 Å². The quantitative estimate of drug-likeness (QED) is 0.759. The van der Waals surface area contributed by atoms with Crippen LogP contribution in [0.5, 0.6) is 0 Å². The van der Waals surface area contributed by atoms with Gasteiger partial charge in [-0.05, 0) is 23.8 Å². The number of carbonyl (C=O) groups excluding carboxylic acids is 1. The molecule has 0 saturated carbocycles. The minimum absolute atomic E-state index is 0.157. The third kappa shape index (κ3) is 5.87. The van der Waals surface area contributed by atoms with Gasteiger partial charge in [0.15, 0.2) is 12.4 Å². The Hall–Kier alpha value is -1.84. The van der Waals surface area contributed by atoms with Crippen molar-refractivity contribution in [2.24, 2.45) is 7.05 Å². The second-order valence-electron chi connectivity index (χ2n) is 5.04. The number of hydrogen-bond donors (Lipinski definition) is 1. The lowest BCUT2D eigenvalue weighted by molar-refractivity contribution is -0.151. The van der Waals surface area contributed by atoms with Crippen molar-refractivity contribution in [3.63, 3.8) is 0 Å². The van der Waals surface area contributed by atoms with Crippen LogP contribution in [-0.2, 0) is 23.2 Å². The van der Waals surface area contributed by atoms with Crippen LogP contribution < -0.4 is 5.32 Å². The van der Waals surface area contributed by atoms with Crippen molar-refractivity contribution in [3.8, 4) is 0 Å². The number of halogens is 5. The molecule has 1 heterocycles. The zero-order valence-corrected chi connectivity index (χ0v) is 14.4. The van der Waals surface area contributed by atoms with Gasteiger partial charge in [-0.15, -0.1) is 0 Å². The molecule has 0 radical (unpaired) electrons. The van der Waals surface area contributed by atoms with E-state index in [9.17, 15) is 18.0 Å². The first-order valence-corrected chi connectivity index (χ1v) is 7.67. The summed E-state index contributed by atoms with van der Waals surface area (Å²) in [7, 11) is 1.59. The van der Waals surface area contributed by atoms with Crippen molar-refractivity contribution in [2.75, 3.05) is 6.54 Å². The summed E-state index contributed by atoms with van der Waals surface area (Å²) in [5.41, 5.74) is 0.157. The summed E-state index contributed by atoms with van der Waals surface area (Å²) in [5, 5.41) is 6.29. The number of rotatable bonds is 6. The first-order valence-electron chi connectivity index (χ1n) is 6.91. The van der Waals surface area contributed by atoms with Crippen molar-refractivity contribution in [1.82, 2.24) is 20.1 Å². The Morgan fingerprint density at radius 1 is 1.32 bits per heavy atom. The fourth-order valence-corrected chi connectivity index (χ4v) is 2.51. The van der Waals surface area contributed by atoms with E-state index in [1.54, 1.807) is 7.05 Å². The minimum Gasteiger partial charge on any atom is -0.456 e. The van der Waals surface area contributed by atoms with Crippen LogP contribution in [0.3, 0.4) is 0 Å². The van der Waals surface area contributed by atoms with Crippen LogP contribution in [-0.4, -0.2) is 33.5 Å². The largest absolute Gasteiger partial charge is 0.456 e. The highest BCUT2D eigenvalue weighted by molar-refractivity contribution is 6.34. The molecule has 25 heavy (non-hydrogen) atoms. The molecule has 0 bridgehead atoms. The van der Waals surface area contributed by atoms with Crippen LogP contribution in [0.1, 0.15) is 17.4 Å². The smallest absolute Gasteiger partial charge is 0.401 e. The lowest BCUT2D eigenvalue weighted by Crippen LogP contribution is -2.37. The molecule has 0 aliphatic heterocycles. The van der Waals surface area contributed by atoms with Gasteiger partial charge in [-0.3, -0.25) is 10.00 Å². The molecular formula is C14H13Cl2F3N4O2. The Labute approximate surface area is 150 Å². The number of carbonyl (C=O) groups is 1. The van der Waals surface area contributed by atoms with E-state index < -0.39 is 24.7 Å². The molecule has 6 nitrogen and oxygen atoms in total. The Balaban J connectivity index is 2.17. The number of alkyl halides is 3. The predicted octanol–water partition coefficient (Wildman–Crippen LogP) is 3.06. The standard InChI is InChI=1S/C14H13Cl2F3N4O2/c1-23-11(21-7-22-23)5-25-13(24)12(20-6-14(17,18)19)8-2-9(15)4-10(16)3-8/h2-4,7,12,20H,5-6H2,1H3/t12-/m0/s1. The fourth-order valence-electron chi connectivity index (χ4n) is 1.97. The van der Waals surface area contributed by atoms with Gasteiger partial charge >= 0.3 is 12.1 Å². The average Bonchev–Trinajstić information content (AvgIpc) is 2.88. The second-order valence-corrected chi connectivity index (χ2v) is 5.91. The molecule has 2 aromatic rings. The molecule has 136 valence electrons. The maximum atomic E-state index is 12.5. The van der Waals surface area contributed by atoms with E-state index in [1.165, 1.54) is 29.2 Å². The molecule has 0 fully saturated rings. The summed E-state index contributed by atoms with van der Waals surface area (Å²) in [6.07, 6.45) is -3.25. The van der Waals surface area contributed by atoms with Crippen molar-refractivity contribution in [3.05, 3.63) is 46.0 Å². The highest BCUT2D eigenvalue weighted by Crippen LogP contribution is 2.25. The minimum atomic E-state index is -4.51. The molecule has 2 rings (SSSR count). The number of aromatic nitrogens is 3. The van der Waals surface area contributed by atoms with Crippen LogP contribution in [0.15, 0.2) is 24.5 Å². The fraction of sp³-hybridized carbons (Fsp3) is 0.357. The van der Waals surface area contributed by atoms with Crippen LogP contribution in [0, 0.1) is 0 Å². The SMILES string of the molecule is Cn1ncnc1COC(=O)[C@@H](NCC(F)(F)F)c1cc(Cl)cc(Cl)c1. The number of nitrogens with one attached hydrogen (secondary N) is 1. The third-order valence-corrected chi connectivity index (χ3v) is 3.55. The number of benzene rings is 1. The first kappa shape index (κ1) is 19.5. The van der Waals surface area contributed by atoms with E-state index in [1.807, 2.05) is 0 Å². The Bertz CT molecular complexity index is 732. The number of aryl methyl sites for hydroxylation is 1. The summed E-state index contributed by atoms with van der Waals surface area (Å²) < 4.78 is 44.0. The molecular weight excluding hydrogens is 384 g/mol. The van der Waals surface area contributed by atoms with Crippen LogP contribution >= 0.6 is 23.2 Å². The van der Waals surface area contributed by atoms with Gasteiger partial charge in [0.05, 0.1) is 6.54 Å². The first-order chi connectivity index (χ1) is 11.7. The molecule has 0 spiro atoms. The van der Waals surface area contributed by atoms with E-state index in [-0.39, 0.29) is 22.2 Å². The maximum Gasteiger partial charge on any atom is 0.401 e. The Morgan fingerprint density at radius 2 is 1.96 bits per heavy atom. The summed E-state index contributed by atoms with van der Waals surface area (Å²) in [6, 6.07) is 2.68. The molecule has 1 aromatic heterocycles. The van der Waals surface area contributed by atoms with Gasteiger partial charge in [-0.1, -0.05) is 23.2 Å². The van der Waals surface area contributed by atoms with Crippen molar-refractivity contribution < 1.29 is 22.7 Å². The molecule has 0 unspecified atom stereocenters. The summed E-state index contributed by atoms with van der Waals surface area (Å²) in [6.45, 7) is -1.63. The number of esters is 1. The van der Waals surface area contributed by atoms with Gasteiger partial charge in [0.1, 0.15) is 12.4 Å². The zero-order valence-electron chi connectivity index (χ0n) is 12.8. The number of nitrogens with zero attached hydrogens (tertiary/aromatic N) is 3. The predicted molar refractivity (Wildman–Crippen MR) is 84.1 cm³/mol. The number of hydrogen-bond acceptors (Lipinski definition) is 5. The molecule has 1 aromatic carbocycles. The van der Waals surface area contributed by atoms with Gasteiger partial charge in [0, 0.05) is 17.1 Å². The third-order valence-electron chi connectivity index (χ3n) is 3.11. The van der Waals surface area contributed by atoms with E-state index in [0.29, 0.717) is 5.82 Å². The lowest BCUT2D eigenvalue weighted by atomic mass is 10.1. The summed E-state index contributed by atoms with van der Waals surface area (Å²) in [5.74, 6) is -0.586. The van der Waals surface area contributed by atoms with E-state index in [0.717, 1.165) is 0 Å². The monoisotopic (exact) mass is 396 g/mol. The molecule has 11 heteroatoms. The highest BCUT2D eigenvalue weighted by atomic mass is 35.5. The molecule has 0 amide bonds. The average molecular weight is 397 g/mol. The van der Waals surface area contributed by atoms with Crippen LogP contribution in [0.25, 0.3) is 0 Å². The zero-order chi connectivity index (χ0) is 18.6. The van der Waals surface area contributed by atoms with Gasteiger partial charge in [0.2, 0.25) is 0 Å². The highest BCUT2D eigenvalue weighted by Gasteiger charge is 2.32. The van der Waals surface area contributed by atoms with E-state index in [4.69, 9.17) is 27.9 Å². The van der Waals surface area contributed by atoms with Crippen LogP contribution in [0.2, 0.25) is 10.0 Å². The molecule has 1 N–H and O–H groups in total. The Kier molecular flexibility index (Phi) is 6.26. The van der Waals surface area contributed by atoms with E-state index in [2.05, 4.69) is 15.4 Å². The van der Waals surface area contributed by atoms with Crippen molar-refractivity contribution >= 4 is 29.2 Å².